The number of phenols is 1. The van der Waals surface area contributed by atoms with Gasteiger partial charge in [0.1, 0.15) is 17.9 Å². The molecule has 0 aliphatic heterocycles. The van der Waals surface area contributed by atoms with E-state index in [9.17, 15) is 4.79 Å². The third kappa shape index (κ3) is 2.95. The summed E-state index contributed by atoms with van der Waals surface area (Å²) in [5, 5.41) is 18.2. The Morgan fingerprint density at radius 2 is 1.84 bits per heavy atom. The van der Waals surface area contributed by atoms with Crippen LogP contribution in [-0.4, -0.2) is 16.2 Å². The van der Waals surface area contributed by atoms with Crippen LogP contribution in [0, 0.1) is 0 Å². The van der Waals surface area contributed by atoms with Gasteiger partial charge in [-0.2, -0.15) is 0 Å². The van der Waals surface area contributed by atoms with Gasteiger partial charge < -0.3 is 20.7 Å². The van der Waals surface area contributed by atoms with Crippen molar-refractivity contribution in [2.75, 3.05) is 5.73 Å². The minimum atomic E-state index is -1.09. The highest BCUT2D eigenvalue weighted by molar-refractivity contribution is 5.93. The molecule has 0 amide bonds. The van der Waals surface area contributed by atoms with E-state index in [0.29, 0.717) is 0 Å². The molecule has 0 radical (unpaired) electrons. The second-order valence-corrected chi connectivity index (χ2v) is 3.98. The topological polar surface area (TPSA) is 92.8 Å². The number of para-hydroxylation sites is 1. The number of hydrogen-bond donors (Lipinski definition) is 3. The van der Waals surface area contributed by atoms with Gasteiger partial charge in [-0.15, -0.1) is 0 Å². The Morgan fingerprint density at radius 1 is 1.16 bits per heavy atom. The fraction of sp³-hybridized carbons (Fsp3) is 0.0714. The number of hydrogen-bond acceptors (Lipinski definition) is 4. The molecule has 0 atom stereocenters. The van der Waals surface area contributed by atoms with Gasteiger partial charge in [-0.25, -0.2) is 4.79 Å². The number of carboxylic acid groups (broad SMARTS) is 1. The summed E-state index contributed by atoms with van der Waals surface area (Å²) in [5.74, 6) is -0.773. The van der Waals surface area contributed by atoms with Gasteiger partial charge in [0.05, 0.1) is 5.69 Å². The van der Waals surface area contributed by atoms with Crippen LogP contribution in [0.25, 0.3) is 0 Å². The van der Waals surface area contributed by atoms with Crippen LogP contribution in [-0.2, 0) is 6.61 Å². The van der Waals surface area contributed by atoms with Gasteiger partial charge >= 0.3 is 5.97 Å². The van der Waals surface area contributed by atoms with Crippen LogP contribution in [0.1, 0.15) is 15.9 Å². The molecule has 0 fully saturated rings. The SMILES string of the molecule is Nc1cccc(C(=O)O)c1OCc1ccc(O)cc1. The van der Waals surface area contributed by atoms with Crippen LogP contribution in [0.3, 0.4) is 0 Å². The molecule has 0 saturated heterocycles. The molecule has 0 aliphatic rings. The van der Waals surface area contributed by atoms with Crippen molar-refractivity contribution in [2.45, 2.75) is 6.61 Å². The van der Waals surface area contributed by atoms with Crippen LogP contribution in [0.5, 0.6) is 11.5 Å². The molecule has 4 N–H and O–H groups in total. The molecule has 0 saturated carbocycles. The van der Waals surface area contributed by atoms with Crippen molar-refractivity contribution < 1.29 is 19.7 Å². The molecule has 2 aromatic rings. The van der Waals surface area contributed by atoms with Crippen LogP contribution < -0.4 is 10.5 Å². The van der Waals surface area contributed by atoms with E-state index in [1.54, 1.807) is 24.3 Å². The Morgan fingerprint density at radius 3 is 2.47 bits per heavy atom. The summed E-state index contributed by atoms with van der Waals surface area (Å²) in [7, 11) is 0. The number of aromatic hydroxyl groups is 1. The number of nitrogen functional groups attached to an aromatic ring is 1. The van der Waals surface area contributed by atoms with Crippen molar-refractivity contribution in [1.29, 1.82) is 0 Å². The molecule has 19 heavy (non-hydrogen) atoms. The monoisotopic (exact) mass is 259 g/mol. The fourth-order valence-electron chi connectivity index (χ4n) is 1.63. The maximum absolute atomic E-state index is 11.1. The van der Waals surface area contributed by atoms with Crippen molar-refractivity contribution >= 4 is 11.7 Å². The molecule has 5 heteroatoms. The first-order valence-electron chi connectivity index (χ1n) is 5.60. The number of benzene rings is 2. The van der Waals surface area contributed by atoms with Crippen molar-refractivity contribution in [2.24, 2.45) is 0 Å². The number of phenolic OH excluding ortho intramolecular Hbond substituents is 1. The number of aromatic carboxylic acids is 1. The van der Waals surface area contributed by atoms with E-state index < -0.39 is 5.97 Å². The van der Waals surface area contributed by atoms with E-state index in [-0.39, 0.29) is 29.4 Å². The lowest BCUT2D eigenvalue weighted by Gasteiger charge is -2.11. The first-order chi connectivity index (χ1) is 9.08. The zero-order valence-electron chi connectivity index (χ0n) is 10.0. The van der Waals surface area contributed by atoms with Crippen LogP contribution >= 0.6 is 0 Å². The van der Waals surface area contributed by atoms with E-state index in [0.717, 1.165) is 5.56 Å². The summed E-state index contributed by atoms with van der Waals surface area (Å²) >= 11 is 0. The zero-order valence-corrected chi connectivity index (χ0v) is 10.0. The molecule has 0 unspecified atom stereocenters. The molecule has 0 bridgehead atoms. The van der Waals surface area contributed by atoms with E-state index in [1.165, 1.54) is 18.2 Å². The molecular formula is C14H13NO4. The Labute approximate surface area is 109 Å². The molecule has 2 aromatic carbocycles. The lowest BCUT2D eigenvalue weighted by Crippen LogP contribution is -2.06. The second-order valence-electron chi connectivity index (χ2n) is 3.98. The largest absolute Gasteiger partial charge is 0.508 e. The molecule has 0 spiro atoms. The third-order valence-corrected chi connectivity index (χ3v) is 2.60. The van der Waals surface area contributed by atoms with E-state index in [1.807, 2.05) is 0 Å². The number of nitrogens with two attached hydrogens (primary N) is 1. The van der Waals surface area contributed by atoms with Crippen molar-refractivity contribution in [1.82, 2.24) is 0 Å². The maximum atomic E-state index is 11.1. The van der Waals surface area contributed by atoms with E-state index >= 15 is 0 Å². The number of carboxylic acids is 1. The average molecular weight is 259 g/mol. The Hall–Kier alpha value is -2.69. The number of ether oxygens (including phenoxy) is 1. The maximum Gasteiger partial charge on any atom is 0.339 e. The van der Waals surface area contributed by atoms with Gasteiger partial charge in [0.15, 0.2) is 5.75 Å². The summed E-state index contributed by atoms with van der Waals surface area (Å²) in [5.41, 5.74) is 6.83. The molecule has 98 valence electrons. The molecular weight excluding hydrogens is 246 g/mol. The van der Waals surface area contributed by atoms with Crippen LogP contribution in [0.2, 0.25) is 0 Å². The van der Waals surface area contributed by atoms with E-state index in [2.05, 4.69) is 0 Å². The summed E-state index contributed by atoms with van der Waals surface area (Å²) in [6.45, 7) is 0.175. The standard InChI is InChI=1S/C14H13NO4/c15-12-3-1-2-11(14(17)18)13(12)19-8-9-4-6-10(16)7-5-9/h1-7,16H,8,15H2,(H,17,18). The summed E-state index contributed by atoms with van der Waals surface area (Å²) in [4.78, 5) is 11.1. The molecule has 5 nitrogen and oxygen atoms in total. The summed E-state index contributed by atoms with van der Waals surface area (Å²) < 4.78 is 5.47. The average Bonchev–Trinajstić information content (AvgIpc) is 2.39. The van der Waals surface area contributed by atoms with Crippen LogP contribution in [0.15, 0.2) is 42.5 Å². The van der Waals surface area contributed by atoms with Gasteiger partial charge in [0, 0.05) is 0 Å². The fourth-order valence-corrected chi connectivity index (χ4v) is 1.63. The van der Waals surface area contributed by atoms with Gasteiger partial charge in [0.25, 0.3) is 0 Å². The number of carbonyl (C=O) groups is 1. The quantitative estimate of drug-likeness (QED) is 0.732. The van der Waals surface area contributed by atoms with Crippen LogP contribution in [0.4, 0.5) is 5.69 Å². The minimum absolute atomic E-state index is 0.0266. The highest BCUT2D eigenvalue weighted by Crippen LogP contribution is 2.27. The Bertz CT molecular complexity index is 593. The first-order valence-corrected chi connectivity index (χ1v) is 5.60. The summed E-state index contributed by atoms with van der Waals surface area (Å²) in [6, 6.07) is 11.0. The normalized spacial score (nSPS) is 10.1. The Balaban J connectivity index is 2.19. The van der Waals surface area contributed by atoms with E-state index in [4.69, 9.17) is 20.7 Å². The Kier molecular flexibility index (Phi) is 3.56. The first kappa shape index (κ1) is 12.8. The minimum Gasteiger partial charge on any atom is -0.508 e. The van der Waals surface area contributed by atoms with Gasteiger partial charge in [-0.1, -0.05) is 18.2 Å². The predicted molar refractivity (Wildman–Crippen MR) is 70.3 cm³/mol. The van der Waals surface area contributed by atoms with Crippen molar-refractivity contribution in [3.05, 3.63) is 53.6 Å². The van der Waals surface area contributed by atoms with Gasteiger partial charge in [-0.05, 0) is 29.8 Å². The highest BCUT2D eigenvalue weighted by Gasteiger charge is 2.13. The number of rotatable bonds is 4. The lowest BCUT2D eigenvalue weighted by atomic mass is 10.1. The van der Waals surface area contributed by atoms with Gasteiger partial charge in [-0.3, -0.25) is 0 Å². The summed E-state index contributed by atoms with van der Waals surface area (Å²) in [6.07, 6.45) is 0. The predicted octanol–water partition coefficient (Wildman–Crippen LogP) is 2.25. The molecule has 2 rings (SSSR count). The third-order valence-electron chi connectivity index (χ3n) is 2.60. The smallest absolute Gasteiger partial charge is 0.339 e. The van der Waals surface area contributed by atoms with Crippen molar-refractivity contribution in [3.8, 4) is 11.5 Å². The lowest BCUT2D eigenvalue weighted by molar-refractivity contribution is 0.0692. The van der Waals surface area contributed by atoms with Gasteiger partial charge in [0.2, 0.25) is 0 Å². The van der Waals surface area contributed by atoms with Crippen molar-refractivity contribution in [3.63, 3.8) is 0 Å². The highest BCUT2D eigenvalue weighted by atomic mass is 16.5. The molecule has 0 aromatic heterocycles. The molecule has 0 heterocycles. The second kappa shape index (κ2) is 5.30. The number of anilines is 1. The zero-order chi connectivity index (χ0) is 13.8. The molecule has 0 aliphatic carbocycles.